The molecule has 2 rings (SSSR count). The molecule has 1 aromatic carbocycles. The Morgan fingerprint density at radius 2 is 1.76 bits per heavy atom. The molecule has 1 aromatic rings. The number of rotatable bonds is 3. The summed E-state index contributed by atoms with van der Waals surface area (Å²) in [6.45, 7) is 9.75. The van der Waals surface area contributed by atoms with Crippen LogP contribution in [0.3, 0.4) is 0 Å². The molecule has 21 heavy (non-hydrogen) atoms. The Balaban J connectivity index is 2.38. The Hall–Kier alpha value is -1.10. The summed E-state index contributed by atoms with van der Waals surface area (Å²) in [7, 11) is -0.537. The van der Waals surface area contributed by atoms with Gasteiger partial charge in [-0.2, -0.15) is 0 Å². The molecule has 1 aliphatic heterocycles. The van der Waals surface area contributed by atoms with Crippen molar-refractivity contribution in [1.29, 1.82) is 0 Å². The lowest BCUT2D eigenvalue weighted by Crippen LogP contribution is -2.41. The quantitative estimate of drug-likeness (QED) is 0.634. The van der Waals surface area contributed by atoms with Gasteiger partial charge in [0.25, 0.3) is 0 Å². The first-order chi connectivity index (χ1) is 9.66. The van der Waals surface area contributed by atoms with E-state index >= 15 is 0 Å². The average Bonchev–Trinajstić information content (AvgIpc) is 2.57. The molecule has 5 heteroatoms. The van der Waals surface area contributed by atoms with E-state index in [-0.39, 0.29) is 0 Å². The number of aldehydes is 1. The highest BCUT2D eigenvalue weighted by molar-refractivity contribution is 6.63. The molecule has 112 valence electrons. The van der Waals surface area contributed by atoms with Gasteiger partial charge in [-0.15, -0.1) is 0 Å². The normalized spacial score (nSPS) is 20.7. The van der Waals surface area contributed by atoms with Crippen LogP contribution in [-0.2, 0) is 9.31 Å². The average molecular weight is 307 g/mol. The van der Waals surface area contributed by atoms with E-state index < -0.39 is 18.3 Å². The van der Waals surface area contributed by atoms with E-state index in [9.17, 15) is 4.79 Å². The number of benzene rings is 1. The maximum absolute atomic E-state index is 11.4. The fraction of sp³-hybridized carbons (Fsp3) is 0.438. The van der Waals surface area contributed by atoms with Crippen molar-refractivity contribution in [2.45, 2.75) is 45.8 Å². The van der Waals surface area contributed by atoms with Crippen LogP contribution in [0, 0.1) is 0 Å². The lowest BCUT2D eigenvalue weighted by atomic mass is 9.75. The molecule has 0 amide bonds. The van der Waals surface area contributed by atoms with Crippen LogP contribution in [0.2, 0.25) is 0 Å². The molecule has 1 aliphatic rings. The lowest BCUT2D eigenvalue weighted by molar-refractivity contribution is 0.00578. The van der Waals surface area contributed by atoms with Crippen LogP contribution in [0.15, 0.2) is 23.2 Å². The Kier molecular flexibility index (Phi) is 4.34. The van der Waals surface area contributed by atoms with E-state index in [4.69, 9.17) is 20.9 Å². The zero-order valence-corrected chi connectivity index (χ0v) is 13.8. The molecule has 0 spiro atoms. The largest absolute Gasteiger partial charge is 0.495 e. The first-order valence-corrected chi connectivity index (χ1v) is 7.33. The van der Waals surface area contributed by atoms with Gasteiger partial charge in [-0.05, 0) is 57.8 Å². The standard InChI is InChI=1S/C16H20BClO3/c1-11(18)8-12-6-7-14(13(9-12)10-19)17-20-15(2,3)16(4,5)21-17/h6-10H,1-5H3/b11-8-. The Morgan fingerprint density at radius 1 is 1.19 bits per heavy atom. The highest BCUT2D eigenvalue weighted by Crippen LogP contribution is 2.36. The third kappa shape index (κ3) is 3.23. The van der Waals surface area contributed by atoms with Gasteiger partial charge in [-0.3, -0.25) is 4.79 Å². The van der Waals surface area contributed by atoms with Crippen LogP contribution in [0.4, 0.5) is 0 Å². The van der Waals surface area contributed by atoms with Gasteiger partial charge in [0.05, 0.1) is 11.2 Å². The molecule has 1 fully saturated rings. The predicted octanol–water partition coefficient (Wildman–Crippen LogP) is 3.40. The molecule has 0 N–H and O–H groups in total. The molecule has 0 saturated carbocycles. The van der Waals surface area contributed by atoms with Crippen LogP contribution in [0.1, 0.15) is 50.5 Å². The first kappa shape index (κ1) is 16.3. The Labute approximate surface area is 131 Å². The molecule has 0 radical (unpaired) electrons. The summed E-state index contributed by atoms with van der Waals surface area (Å²) in [6, 6.07) is 5.55. The molecule has 0 atom stereocenters. The molecule has 3 nitrogen and oxygen atoms in total. The summed E-state index contributed by atoms with van der Waals surface area (Å²) < 4.78 is 12.0. The van der Waals surface area contributed by atoms with Gasteiger partial charge < -0.3 is 9.31 Å². The van der Waals surface area contributed by atoms with Gasteiger partial charge in [0.1, 0.15) is 6.29 Å². The number of hydrogen-bond acceptors (Lipinski definition) is 3. The van der Waals surface area contributed by atoms with Crippen molar-refractivity contribution in [3.8, 4) is 0 Å². The molecule has 0 aromatic heterocycles. The molecular formula is C16H20BClO3. The number of allylic oxidation sites excluding steroid dienone is 1. The second-order valence-electron chi connectivity index (χ2n) is 6.33. The smallest absolute Gasteiger partial charge is 0.399 e. The van der Waals surface area contributed by atoms with Gasteiger partial charge in [-0.25, -0.2) is 0 Å². The zero-order chi connectivity index (χ0) is 15.8. The van der Waals surface area contributed by atoms with Crippen LogP contribution >= 0.6 is 11.6 Å². The van der Waals surface area contributed by atoms with E-state index in [1.54, 1.807) is 13.0 Å². The minimum Gasteiger partial charge on any atom is -0.399 e. The van der Waals surface area contributed by atoms with E-state index in [2.05, 4.69) is 0 Å². The van der Waals surface area contributed by atoms with Crippen LogP contribution in [-0.4, -0.2) is 24.6 Å². The molecule has 0 bridgehead atoms. The van der Waals surface area contributed by atoms with Gasteiger partial charge in [-0.1, -0.05) is 23.7 Å². The van der Waals surface area contributed by atoms with Gasteiger partial charge >= 0.3 is 7.12 Å². The van der Waals surface area contributed by atoms with Crippen LogP contribution < -0.4 is 5.46 Å². The second kappa shape index (κ2) is 5.60. The molecule has 1 heterocycles. The van der Waals surface area contributed by atoms with E-state index in [1.807, 2.05) is 45.9 Å². The minimum atomic E-state index is -0.537. The van der Waals surface area contributed by atoms with Gasteiger partial charge in [0.15, 0.2) is 0 Å². The van der Waals surface area contributed by atoms with Gasteiger partial charge in [0, 0.05) is 10.6 Å². The summed E-state index contributed by atoms with van der Waals surface area (Å²) in [5, 5.41) is 0.662. The number of carbonyl (C=O) groups excluding carboxylic acids is 1. The first-order valence-electron chi connectivity index (χ1n) is 6.95. The predicted molar refractivity (Wildman–Crippen MR) is 87.0 cm³/mol. The highest BCUT2D eigenvalue weighted by Gasteiger charge is 2.52. The Bertz CT molecular complexity index is 573. The number of hydrogen-bond donors (Lipinski definition) is 0. The maximum atomic E-state index is 11.4. The lowest BCUT2D eigenvalue weighted by Gasteiger charge is -2.32. The van der Waals surface area contributed by atoms with Crippen molar-refractivity contribution in [3.63, 3.8) is 0 Å². The summed E-state index contributed by atoms with van der Waals surface area (Å²) in [6.07, 6.45) is 2.63. The third-order valence-corrected chi connectivity index (χ3v) is 4.22. The summed E-state index contributed by atoms with van der Waals surface area (Å²) >= 11 is 5.87. The van der Waals surface area contributed by atoms with E-state index in [0.717, 1.165) is 17.3 Å². The SMILES string of the molecule is C/C(Cl)=C/c1ccc(B2OC(C)(C)C(C)(C)O2)c(C=O)c1. The maximum Gasteiger partial charge on any atom is 0.495 e. The van der Waals surface area contributed by atoms with Crippen molar-refractivity contribution >= 4 is 36.5 Å². The fourth-order valence-electron chi connectivity index (χ4n) is 2.20. The number of carbonyl (C=O) groups is 1. The fourth-order valence-corrected chi connectivity index (χ4v) is 2.33. The minimum absolute atomic E-state index is 0.427. The van der Waals surface area contributed by atoms with Crippen molar-refractivity contribution in [2.75, 3.05) is 0 Å². The zero-order valence-electron chi connectivity index (χ0n) is 13.1. The summed E-state index contributed by atoms with van der Waals surface area (Å²) in [5.74, 6) is 0. The highest BCUT2D eigenvalue weighted by atomic mass is 35.5. The molecular weight excluding hydrogens is 286 g/mol. The Morgan fingerprint density at radius 3 is 2.24 bits per heavy atom. The third-order valence-electron chi connectivity index (χ3n) is 4.11. The van der Waals surface area contributed by atoms with Crippen molar-refractivity contribution in [3.05, 3.63) is 34.4 Å². The van der Waals surface area contributed by atoms with Crippen LogP contribution in [0.25, 0.3) is 6.08 Å². The molecule has 1 saturated heterocycles. The second-order valence-corrected chi connectivity index (χ2v) is 6.92. The number of halogens is 1. The topological polar surface area (TPSA) is 35.5 Å². The van der Waals surface area contributed by atoms with Crippen molar-refractivity contribution < 1.29 is 14.1 Å². The summed E-state index contributed by atoms with van der Waals surface area (Å²) in [4.78, 5) is 11.4. The van der Waals surface area contributed by atoms with Gasteiger partial charge in [0.2, 0.25) is 0 Å². The molecule has 0 unspecified atom stereocenters. The van der Waals surface area contributed by atoms with Crippen LogP contribution in [0.5, 0.6) is 0 Å². The monoisotopic (exact) mass is 306 g/mol. The van der Waals surface area contributed by atoms with Crippen molar-refractivity contribution in [1.82, 2.24) is 0 Å². The summed E-state index contributed by atoms with van der Waals surface area (Å²) in [5.41, 5.74) is 1.32. The van der Waals surface area contributed by atoms with E-state index in [0.29, 0.717) is 10.6 Å². The van der Waals surface area contributed by atoms with Crippen molar-refractivity contribution in [2.24, 2.45) is 0 Å². The molecule has 0 aliphatic carbocycles. The van der Waals surface area contributed by atoms with E-state index in [1.165, 1.54) is 0 Å².